The highest BCUT2D eigenvalue weighted by Crippen LogP contribution is 2.27. The summed E-state index contributed by atoms with van der Waals surface area (Å²) in [5.74, 6) is 0.698. The summed E-state index contributed by atoms with van der Waals surface area (Å²) in [5.41, 5.74) is 1.82. The molecule has 0 saturated carbocycles. The lowest BCUT2D eigenvalue weighted by molar-refractivity contribution is 0.337. The quantitative estimate of drug-likeness (QED) is 0.798. The Labute approximate surface area is 138 Å². The summed E-state index contributed by atoms with van der Waals surface area (Å²) in [4.78, 5) is 4.24. The molecule has 7 heteroatoms. The molecule has 0 bridgehead atoms. The number of anilines is 1. The summed E-state index contributed by atoms with van der Waals surface area (Å²) in [6.45, 7) is 6.00. The molecule has 2 aromatic rings. The Balaban J connectivity index is 2.37. The van der Waals surface area contributed by atoms with Crippen molar-refractivity contribution in [1.29, 1.82) is 0 Å². The van der Waals surface area contributed by atoms with Crippen molar-refractivity contribution in [3.63, 3.8) is 0 Å². The van der Waals surface area contributed by atoms with Gasteiger partial charge < -0.3 is 4.74 Å². The van der Waals surface area contributed by atoms with Crippen LogP contribution in [0.4, 0.5) is 5.69 Å². The molecule has 2 rings (SSSR count). The first-order valence-electron chi connectivity index (χ1n) is 6.72. The fraction of sp³-hybridized carbons (Fsp3) is 0.267. The molecule has 0 spiro atoms. The Kier molecular flexibility index (Phi) is 5.08. The number of aryl methyl sites for hydroxylation is 2. The molecule has 0 radical (unpaired) electrons. The fourth-order valence-electron chi connectivity index (χ4n) is 2.01. The zero-order chi connectivity index (χ0) is 16.3. The third-order valence-electron chi connectivity index (χ3n) is 3.04. The van der Waals surface area contributed by atoms with Gasteiger partial charge in [-0.3, -0.25) is 4.72 Å². The van der Waals surface area contributed by atoms with Gasteiger partial charge in [0.2, 0.25) is 0 Å². The van der Waals surface area contributed by atoms with Crippen LogP contribution in [0.3, 0.4) is 0 Å². The van der Waals surface area contributed by atoms with Crippen LogP contribution in [-0.4, -0.2) is 20.0 Å². The molecule has 1 heterocycles. The van der Waals surface area contributed by atoms with Crippen LogP contribution in [0, 0.1) is 13.8 Å². The second-order valence-corrected chi connectivity index (χ2v) is 7.25. The molecule has 0 saturated heterocycles. The lowest BCUT2D eigenvalue weighted by atomic mass is 10.1. The van der Waals surface area contributed by atoms with Crippen molar-refractivity contribution in [3.8, 4) is 5.75 Å². The number of aromatic nitrogens is 1. The number of ether oxygens (including phenoxy) is 1. The van der Waals surface area contributed by atoms with Gasteiger partial charge in [0, 0.05) is 0 Å². The minimum absolute atomic E-state index is 0.233. The second kappa shape index (κ2) is 6.66. The minimum Gasteiger partial charge on any atom is -0.494 e. The van der Waals surface area contributed by atoms with E-state index in [1.165, 1.54) is 6.20 Å². The van der Waals surface area contributed by atoms with E-state index in [9.17, 15) is 8.42 Å². The van der Waals surface area contributed by atoms with Crippen molar-refractivity contribution in [2.24, 2.45) is 0 Å². The zero-order valence-electron chi connectivity index (χ0n) is 12.6. The molecule has 22 heavy (non-hydrogen) atoms. The van der Waals surface area contributed by atoms with E-state index in [-0.39, 0.29) is 4.90 Å². The van der Waals surface area contributed by atoms with E-state index in [2.05, 4.69) is 25.6 Å². The smallest absolute Gasteiger partial charge is 0.262 e. The molecule has 0 atom stereocenters. The molecule has 5 nitrogen and oxygen atoms in total. The normalized spacial score (nSPS) is 11.3. The summed E-state index contributed by atoms with van der Waals surface area (Å²) >= 11 is 3.21. The topological polar surface area (TPSA) is 68.3 Å². The highest BCUT2D eigenvalue weighted by atomic mass is 79.9. The van der Waals surface area contributed by atoms with E-state index >= 15 is 0 Å². The van der Waals surface area contributed by atoms with Gasteiger partial charge in [0.15, 0.2) is 0 Å². The third-order valence-corrected chi connectivity index (χ3v) is 5.03. The molecule has 0 fully saturated rings. The van der Waals surface area contributed by atoms with E-state index < -0.39 is 10.0 Å². The molecule has 1 aromatic heterocycles. The Morgan fingerprint density at radius 3 is 2.55 bits per heavy atom. The largest absolute Gasteiger partial charge is 0.494 e. The van der Waals surface area contributed by atoms with Gasteiger partial charge in [-0.15, -0.1) is 0 Å². The lowest BCUT2D eigenvalue weighted by Crippen LogP contribution is -2.15. The summed E-state index contributed by atoms with van der Waals surface area (Å²) in [5, 5.41) is 0. The zero-order valence-corrected chi connectivity index (χ0v) is 15.0. The Morgan fingerprint density at radius 1 is 1.23 bits per heavy atom. The van der Waals surface area contributed by atoms with Crippen molar-refractivity contribution in [3.05, 3.63) is 46.2 Å². The number of benzene rings is 1. The maximum absolute atomic E-state index is 12.5. The molecular weight excluding hydrogens is 368 g/mol. The summed E-state index contributed by atoms with van der Waals surface area (Å²) in [7, 11) is -3.67. The number of rotatable bonds is 5. The molecule has 1 aromatic carbocycles. The molecule has 0 aliphatic carbocycles. The van der Waals surface area contributed by atoms with Crippen LogP contribution < -0.4 is 9.46 Å². The van der Waals surface area contributed by atoms with Gasteiger partial charge in [-0.2, -0.15) is 0 Å². The SMILES string of the molecule is CCOc1cc(C)c(S(=O)(=O)Nc2ccc(Br)nc2)cc1C. The van der Waals surface area contributed by atoms with Crippen molar-refractivity contribution >= 4 is 31.6 Å². The molecule has 0 aliphatic rings. The van der Waals surface area contributed by atoms with Crippen molar-refractivity contribution in [2.45, 2.75) is 25.7 Å². The summed E-state index contributed by atoms with van der Waals surface area (Å²) in [6, 6.07) is 6.68. The highest BCUT2D eigenvalue weighted by molar-refractivity contribution is 9.10. The number of sulfonamides is 1. The monoisotopic (exact) mass is 384 g/mol. The maximum Gasteiger partial charge on any atom is 0.262 e. The van der Waals surface area contributed by atoms with Gasteiger partial charge >= 0.3 is 0 Å². The standard InChI is InChI=1S/C15H17BrN2O3S/c1-4-21-13-7-11(3)14(8-10(13)2)22(19,20)18-12-5-6-15(16)17-9-12/h5-9,18H,4H2,1-3H3. The first-order valence-corrected chi connectivity index (χ1v) is 8.99. The van der Waals surface area contributed by atoms with Crippen LogP contribution in [0.5, 0.6) is 5.75 Å². The van der Waals surface area contributed by atoms with E-state index in [1.807, 2.05) is 13.8 Å². The predicted octanol–water partition coefficient (Wildman–Crippen LogP) is 3.66. The van der Waals surface area contributed by atoms with E-state index in [1.54, 1.807) is 31.2 Å². The Morgan fingerprint density at radius 2 is 1.95 bits per heavy atom. The van der Waals surface area contributed by atoms with Crippen LogP contribution in [0.1, 0.15) is 18.1 Å². The number of nitrogens with one attached hydrogen (secondary N) is 1. The highest BCUT2D eigenvalue weighted by Gasteiger charge is 2.19. The lowest BCUT2D eigenvalue weighted by Gasteiger charge is -2.14. The van der Waals surface area contributed by atoms with Crippen molar-refractivity contribution in [1.82, 2.24) is 4.98 Å². The van der Waals surface area contributed by atoms with Gasteiger partial charge in [-0.05, 0) is 72.1 Å². The van der Waals surface area contributed by atoms with Crippen molar-refractivity contribution in [2.75, 3.05) is 11.3 Å². The van der Waals surface area contributed by atoms with Crippen LogP contribution >= 0.6 is 15.9 Å². The fourth-order valence-corrected chi connectivity index (χ4v) is 3.60. The van der Waals surface area contributed by atoms with Crippen LogP contribution in [0.2, 0.25) is 0 Å². The van der Waals surface area contributed by atoms with Gasteiger partial charge in [0.05, 0.1) is 23.4 Å². The number of hydrogen-bond donors (Lipinski definition) is 1. The van der Waals surface area contributed by atoms with Crippen LogP contribution in [0.15, 0.2) is 40.0 Å². The average Bonchev–Trinajstić information content (AvgIpc) is 2.45. The van der Waals surface area contributed by atoms with E-state index in [0.29, 0.717) is 28.2 Å². The Bertz CT molecular complexity index is 774. The average molecular weight is 385 g/mol. The number of nitrogens with zero attached hydrogens (tertiary/aromatic N) is 1. The van der Waals surface area contributed by atoms with Crippen LogP contribution in [-0.2, 0) is 10.0 Å². The molecule has 0 aliphatic heterocycles. The van der Waals surface area contributed by atoms with E-state index in [0.717, 1.165) is 5.56 Å². The predicted molar refractivity (Wildman–Crippen MR) is 89.8 cm³/mol. The molecule has 118 valence electrons. The van der Waals surface area contributed by atoms with Gasteiger partial charge in [-0.25, -0.2) is 13.4 Å². The third kappa shape index (κ3) is 3.78. The van der Waals surface area contributed by atoms with Gasteiger partial charge in [0.1, 0.15) is 10.4 Å². The number of pyridine rings is 1. The van der Waals surface area contributed by atoms with Crippen molar-refractivity contribution < 1.29 is 13.2 Å². The molecule has 1 N–H and O–H groups in total. The first kappa shape index (κ1) is 16.8. The van der Waals surface area contributed by atoms with Gasteiger partial charge in [0.25, 0.3) is 10.0 Å². The number of halogens is 1. The first-order chi connectivity index (χ1) is 10.3. The molecule has 0 amide bonds. The van der Waals surface area contributed by atoms with Crippen LogP contribution in [0.25, 0.3) is 0 Å². The minimum atomic E-state index is -3.67. The van der Waals surface area contributed by atoms with E-state index in [4.69, 9.17) is 4.74 Å². The van der Waals surface area contributed by atoms with Gasteiger partial charge in [-0.1, -0.05) is 0 Å². The maximum atomic E-state index is 12.5. The summed E-state index contributed by atoms with van der Waals surface area (Å²) in [6.07, 6.45) is 1.46. The Hall–Kier alpha value is -1.60. The molecular formula is C15H17BrN2O3S. The number of hydrogen-bond acceptors (Lipinski definition) is 4. The second-order valence-electron chi connectivity index (χ2n) is 4.79. The molecule has 0 unspecified atom stereocenters. The summed E-state index contributed by atoms with van der Waals surface area (Å²) < 4.78 is 33.7.